The molecular weight excluding hydrogens is 280 g/mol. The van der Waals surface area contributed by atoms with Crippen LogP contribution in [0.1, 0.15) is 50.5 Å². The Balaban J connectivity index is 2.26. The van der Waals surface area contributed by atoms with E-state index in [0.717, 1.165) is 31.2 Å². The second-order valence-electron chi connectivity index (χ2n) is 5.41. The van der Waals surface area contributed by atoms with Crippen molar-refractivity contribution < 1.29 is 19.8 Å². The highest BCUT2D eigenvalue weighted by molar-refractivity contribution is 5.73. The molecule has 1 rings (SSSR count). The van der Waals surface area contributed by atoms with Crippen molar-refractivity contribution in [3.05, 3.63) is 42.0 Å². The smallest absolute Gasteiger partial charge is 0.310 e. The Bertz CT molecular complexity index is 479. The monoisotopic (exact) mass is 304 g/mol. The summed E-state index contributed by atoms with van der Waals surface area (Å²) in [6.45, 7) is 0. The van der Waals surface area contributed by atoms with Crippen LogP contribution in [0.15, 0.2) is 36.4 Å². The van der Waals surface area contributed by atoms with Gasteiger partial charge < -0.3 is 10.2 Å². The Kier molecular flexibility index (Phi) is 8.65. The van der Waals surface area contributed by atoms with E-state index in [2.05, 4.69) is 0 Å². The predicted molar refractivity (Wildman–Crippen MR) is 86.6 cm³/mol. The lowest BCUT2D eigenvalue weighted by atomic mass is 9.99. The molecule has 0 aliphatic rings. The first-order chi connectivity index (χ1) is 10.6. The van der Waals surface area contributed by atoms with Crippen LogP contribution in [0, 0.1) is 5.92 Å². The van der Waals surface area contributed by atoms with Gasteiger partial charge >= 0.3 is 11.9 Å². The van der Waals surface area contributed by atoms with Gasteiger partial charge in [0, 0.05) is 6.42 Å². The van der Waals surface area contributed by atoms with Gasteiger partial charge in [-0.25, -0.2) is 0 Å². The summed E-state index contributed by atoms with van der Waals surface area (Å²) in [5.74, 6) is -2.01. The highest BCUT2D eigenvalue weighted by Crippen LogP contribution is 2.15. The van der Waals surface area contributed by atoms with Gasteiger partial charge in [0.25, 0.3) is 0 Å². The highest BCUT2D eigenvalue weighted by Gasteiger charge is 2.12. The maximum absolute atomic E-state index is 11.2. The highest BCUT2D eigenvalue weighted by atomic mass is 16.4. The number of hydrogen-bond acceptors (Lipinski definition) is 2. The van der Waals surface area contributed by atoms with Crippen LogP contribution in [-0.4, -0.2) is 22.2 Å². The fourth-order valence-electron chi connectivity index (χ4n) is 2.26. The average Bonchev–Trinajstić information content (AvgIpc) is 2.49. The van der Waals surface area contributed by atoms with Crippen molar-refractivity contribution in [1.82, 2.24) is 0 Å². The molecule has 22 heavy (non-hydrogen) atoms. The van der Waals surface area contributed by atoms with E-state index in [-0.39, 0.29) is 6.42 Å². The molecule has 0 spiro atoms. The third-order valence-electron chi connectivity index (χ3n) is 3.54. The van der Waals surface area contributed by atoms with Crippen molar-refractivity contribution in [3.63, 3.8) is 0 Å². The third kappa shape index (κ3) is 8.25. The molecule has 4 heteroatoms. The average molecular weight is 304 g/mol. The molecule has 1 aromatic carbocycles. The molecule has 1 unspecified atom stereocenters. The minimum Gasteiger partial charge on any atom is -0.481 e. The molecule has 0 saturated carbocycles. The quantitative estimate of drug-likeness (QED) is 0.600. The topological polar surface area (TPSA) is 74.6 Å². The summed E-state index contributed by atoms with van der Waals surface area (Å²) in [6, 6.07) is 9.66. The van der Waals surface area contributed by atoms with E-state index in [1.165, 1.54) is 0 Å². The Morgan fingerprint density at radius 2 is 1.59 bits per heavy atom. The van der Waals surface area contributed by atoms with E-state index in [9.17, 15) is 14.7 Å². The molecule has 1 aromatic rings. The summed E-state index contributed by atoms with van der Waals surface area (Å²) in [5.41, 5.74) is 1.00. The van der Waals surface area contributed by atoms with Crippen molar-refractivity contribution in [2.24, 2.45) is 5.92 Å². The number of aliphatic carboxylic acids is 2. The lowest BCUT2D eigenvalue weighted by Crippen LogP contribution is -2.10. The van der Waals surface area contributed by atoms with Crippen molar-refractivity contribution in [1.29, 1.82) is 0 Å². The molecule has 0 bridgehead atoms. The minimum atomic E-state index is -0.793. The molecule has 0 radical (unpaired) electrons. The molecule has 2 N–H and O–H groups in total. The van der Waals surface area contributed by atoms with Gasteiger partial charge in [-0.15, -0.1) is 0 Å². The summed E-state index contributed by atoms with van der Waals surface area (Å²) in [7, 11) is 0. The molecule has 0 aliphatic heterocycles. The van der Waals surface area contributed by atoms with E-state index >= 15 is 0 Å². The summed E-state index contributed by atoms with van der Waals surface area (Å²) in [5, 5.41) is 17.8. The normalized spacial score (nSPS) is 12.4. The lowest BCUT2D eigenvalue weighted by Gasteiger charge is -2.07. The number of rotatable bonds is 11. The predicted octanol–water partition coefficient (Wildman–Crippen LogP) is 4.22. The van der Waals surface area contributed by atoms with Crippen molar-refractivity contribution >= 4 is 18.0 Å². The van der Waals surface area contributed by atoms with E-state index in [1.807, 2.05) is 36.4 Å². The summed E-state index contributed by atoms with van der Waals surface area (Å²) in [6.07, 6.45) is 8.80. The van der Waals surface area contributed by atoms with E-state index < -0.39 is 17.9 Å². The number of carboxylic acids is 2. The van der Waals surface area contributed by atoms with E-state index in [4.69, 9.17) is 5.11 Å². The molecule has 0 heterocycles. The molecule has 0 amide bonds. The van der Waals surface area contributed by atoms with Gasteiger partial charge in [0.2, 0.25) is 0 Å². The maximum atomic E-state index is 11.2. The molecule has 0 saturated heterocycles. The van der Waals surface area contributed by atoms with Crippen LogP contribution in [0.2, 0.25) is 0 Å². The molecule has 1 atom stereocenters. The molecule has 4 nitrogen and oxygen atoms in total. The van der Waals surface area contributed by atoms with Gasteiger partial charge in [-0.3, -0.25) is 9.59 Å². The first-order valence-corrected chi connectivity index (χ1v) is 7.77. The fourth-order valence-corrected chi connectivity index (χ4v) is 2.26. The Hall–Kier alpha value is -2.10. The summed E-state index contributed by atoms with van der Waals surface area (Å²) in [4.78, 5) is 21.6. The van der Waals surface area contributed by atoms with Gasteiger partial charge in [0.05, 0.1) is 5.92 Å². The van der Waals surface area contributed by atoms with Crippen LogP contribution in [-0.2, 0) is 9.59 Å². The zero-order valence-corrected chi connectivity index (χ0v) is 12.8. The lowest BCUT2D eigenvalue weighted by molar-refractivity contribution is -0.140. The second-order valence-corrected chi connectivity index (χ2v) is 5.41. The number of carboxylic acid groups (broad SMARTS) is 2. The largest absolute Gasteiger partial charge is 0.481 e. The SMILES string of the molecule is O=C(O)CCCCCCCC(C=Cc1ccccc1)C(=O)O. The summed E-state index contributed by atoms with van der Waals surface area (Å²) < 4.78 is 0. The minimum absolute atomic E-state index is 0.220. The summed E-state index contributed by atoms with van der Waals surface area (Å²) >= 11 is 0. The third-order valence-corrected chi connectivity index (χ3v) is 3.54. The first kappa shape index (κ1) is 18.0. The van der Waals surface area contributed by atoms with Crippen molar-refractivity contribution in [3.8, 4) is 0 Å². The zero-order valence-electron chi connectivity index (χ0n) is 12.8. The van der Waals surface area contributed by atoms with Crippen molar-refractivity contribution in [2.45, 2.75) is 44.9 Å². The van der Waals surface area contributed by atoms with Gasteiger partial charge in [-0.05, 0) is 18.4 Å². The van der Waals surface area contributed by atoms with Crippen LogP contribution >= 0.6 is 0 Å². The molecular formula is C18H24O4. The van der Waals surface area contributed by atoms with Crippen LogP contribution in [0.3, 0.4) is 0 Å². The number of unbranched alkanes of at least 4 members (excludes halogenated alkanes) is 4. The molecule has 120 valence electrons. The van der Waals surface area contributed by atoms with E-state index in [1.54, 1.807) is 6.08 Å². The number of benzene rings is 1. The number of hydrogen-bond donors (Lipinski definition) is 2. The second kappa shape index (κ2) is 10.6. The van der Waals surface area contributed by atoms with Gasteiger partial charge in [0.1, 0.15) is 0 Å². The Labute approximate surface area is 131 Å². The van der Waals surface area contributed by atoms with Gasteiger partial charge in [-0.1, -0.05) is 68.2 Å². The first-order valence-electron chi connectivity index (χ1n) is 7.77. The number of carbonyl (C=O) groups is 2. The molecule has 0 aromatic heterocycles. The van der Waals surface area contributed by atoms with Gasteiger partial charge in [0.15, 0.2) is 0 Å². The fraction of sp³-hybridized carbons (Fsp3) is 0.444. The Morgan fingerprint density at radius 1 is 0.955 bits per heavy atom. The van der Waals surface area contributed by atoms with E-state index in [0.29, 0.717) is 12.8 Å². The van der Waals surface area contributed by atoms with Crippen LogP contribution in [0.5, 0.6) is 0 Å². The van der Waals surface area contributed by atoms with Crippen molar-refractivity contribution in [2.75, 3.05) is 0 Å². The van der Waals surface area contributed by atoms with Gasteiger partial charge in [-0.2, -0.15) is 0 Å². The Morgan fingerprint density at radius 3 is 2.23 bits per heavy atom. The standard InChI is InChI=1S/C18H24O4/c19-17(20)12-8-3-1-2-7-11-16(18(21)22)14-13-15-9-5-4-6-10-15/h4-6,9-10,13-14,16H,1-3,7-8,11-12H2,(H,19,20)(H,21,22). The molecule has 0 aliphatic carbocycles. The van der Waals surface area contributed by atoms with Crippen LogP contribution in [0.4, 0.5) is 0 Å². The van der Waals surface area contributed by atoms with Crippen LogP contribution in [0.25, 0.3) is 6.08 Å². The molecule has 0 fully saturated rings. The van der Waals surface area contributed by atoms with Crippen LogP contribution < -0.4 is 0 Å². The maximum Gasteiger partial charge on any atom is 0.310 e. The zero-order chi connectivity index (χ0) is 16.2.